The highest BCUT2D eigenvalue weighted by Gasteiger charge is 2.27. The number of piperidine rings is 1. The first-order valence-corrected chi connectivity index (χ1v) is 13.1. The van der Waals surface area contributed by atoms with Crippen LogP contribution < -0.4 is 10.1 Å². The van der Waals surface area contributed by atoms with Crippen molar-refractivity contribution >= 4 is 21.6 Å². The number of likely N-dealkylation sites (tertiary alicyclic amines) is 1. The Bertz CT molecular complexity index is 972. The van der Waals surface area contributed by atoms with Gasteiger partial charge in [-0.05, 0) is 69.9 Å². The van der Waals surface area contributed by atoms with Gasteiger partial charge in [-0.1, -0.05) is 49.6 Å². The second kappa shape index (κ2) is 10.3. The van der Waals surface area contributed by atoms with Crippen LogP contribution in [0.2, 0.25) is 0 Å². The van der Waals surface area contributed by atoms with Crippen LogP contribution in [0.3, 0.4) is 0 Å². The van der Waals surface area contributed by atoms with Gasteiger partial charge in [0.1, 0.15) is 10.8 Å². The van der Waals surface area contributed by atoms with Crippen molar-refractivity contribution in [3.8, 4) is 5.75 Å². The van der Waals surface area contributed by atoms with Gasteiger partial charge in [-0.3, -0.25) is 0 Å². The quantitative estimate of drug-likeness (QED) is 0.478. The Kier molecular flexibility index (Phi) is 7.06. The van der Waals surface area contributed by atoms with Crippen molar-refractivity contribution < 1.29 is 4.74 Å². The normalized spacial score (nSPS) is 19.9. The van der Waals surface area contributed by atoms with Gasteiger partial charge in [0, 0.05) is 11.6 Å². The fourth-order valence-electron chi connectivity index (χ4n) is 5.13. The Labute approximate surface area is 196 Å². The van der Waals surface area contributed by atoms with Crippen LogP contribution in [0.1, 0.15) is 61.6 Å². The van der Waals surface area contributed by atoms with Gasteiger partial charge in [-0.15, -0.1) is 11.3 Å². The van der Waals surface area contributed by atoms with E-state index >= 15 is 0 Å². The monoisotopic (exact) mass is 449 g/mol. The molecule has 3 aromatic rings. The molecule has 5 heteroatoms. The third kappa shape index (κ3) is 5.16. The molecule has 1 unspecified atom stereocenters. The fraction of sp³-hybridized carbons (Fsp3) is 0.519. The molecule has 0 amide bonds. The molecule has 1 saturated heterocycles. The SMILES string of the molecule is CN1CCC(NC(c2nc3ccccc3s2)c2ccccc2OCC2CCCCC2)CC1. The Morgan fingerprint density at radius 1 is 1.00 bits per heavy atom. The van der Waals surface area contributed by atoms with Crippen molar-refractivity contribution in [3.63, 3.8) is 0 Å². The van der Waals surface area contributed by atoms with Crippen molar-refractivity contribution in [2.75, 3.05) is 26.7 Å². The van der Waals surface area contributed by atoms with E-state index < -0.39 is 0 Å². The molecule has 1 aliphatic carbocycles. The van der Waals surface area contributed by atoms with E-state index in [1.54, 1.807) is 11.3 Å². The van der Waals surface area contributed by atoms with Gasteiger partial charge in [0.25, 0.3) is 0 Å². The van der Waals surface area contributed by atoms with Crippen LogP contribution in [0.15, 0.2) is 48.5 Å². The van der Waals surface area contributed by atoms with Gasteiger partial charge in [-0.2, -0.15) is 0 Å². The second-order valence-corrected chi connectivity index (χ2v) is 10.6. The molecule has 1 atom stereocenters. The summed E-state index contributed by atoms with van der Waals surface area (Å²) in [4.78, 5) is 7.47. The molecule has 2 aromatic carbocycles. The largest absolute Gasteiger partial charge is 0.493 e. The van der Waals surface area contributed by atoms with Crippen molar-refractivity contribution in [1.29, 1.82) is 0 Å². The van der Waals surface area contributed by atoms with E-state index in [1.807, 2.05) is 0 Å². The highest BCUT2D eigenvalue weighted by molar-refractivity contribution is 7.18. The number of nitrogens with one attached hydrogen (secondary N) is 1. The summed E-state index contributed by atoms with van der Waals surface area (Å²) in [6.07, 6.45) is 9.03. The summed E-state index contributed by atoms with van der Waals surface area (Å²) in [7, 11) is 2.22. The number of rotatable bonds is 7. The van der Waals surface area contributed by atoms with E-state index in [-0.39, 0.29) is 6.04 Å². The summed E-state index contributed by atoms with van der Waals surface area (Å²) in [5.41, 5.74) is 2.31. The van der Waals surface area contributed by atoms with E-state index in [4.69, 9.17) is 9.72 Å². The van der Waals surface area contributed by atoms with E-state index in [9.17, 15) is 0 Å². The van der Waals surface area contributed by atoms with Crippen molar-refractivity contribution in [1.82, 2.24) is 15.2 Å². The average molecular weight is 450 g/mol. The molecule has 170 valence electrons. The van der Waals surface area contributed by atoms with Gasteiger partial charge in [0.15, 0.2) is 0 Å². The molecule has 0 bridgehead atoms. The van der Waals surface area contributed by atoms with E-state index in [0.717, 1.165) is 36.0 Å². The fourth-order valence-corrected chi connectivity index (χ4v) is 6.18. The first kappa shape index (κ1) is 21.9. The van der Waals surface area contributed by atoms with E-state index in [0.29, 0.717) is 12.0 Å². The third-order valence-electron chi connectivity index (χ3n) is 7.11. The van der Waals surface area contributed by atoms with Crippen LogP contribution in [0, 0.1) is 5.92 Å². The van der Waals surface area contributed by atoms with Crippen molar-refractivity contribution in [2.24, 2.45) is 5.92 Å². The second-order valence-electron chi connectivity index (χ2n) is 9.55. The minimum Gasteiger partial charge on any atom is -0.493 e. The van der Waals surface area contributed by atoms with Gasteiger partial charge in [0.05, 0.1) is 22.9 Å². The predicted octanol–water partition coefficient (Wildman–Crippen LogP) is 6.03. The Morgan fingerprint density at radius 2 is 1.75 bits per heavy atom. The number of nitrogens with zero attached hydrogens (tertiary/aromatic N) is 2. The highest BCUT2D eigenvalue weighted by Crippen LogP contribution is 2.36. The molecule has 0 spiro atoms. The number of aromatic nitrogens is 1. The number of hydrogen-bond donors (Lipinski definition) is 1. The summed E-state index contributed by atoms with van der Waals surface area (Å²) >= 11 is 1.80. The van der Waals surface area contributed by atoms with Crippen LogP contribution in [-0.2, 0) is 0 Å². The zero-order valence-electron chi connectivity index (χ0n) is 19.1. The molecule has 2 fully saturated rings. The maximum Gasteiger partial charge on any atom is 0.124 e. The molecule has 2 heterocycles. The summed E-state index contributed by atoms with van der Waals surface area (Å²) in [6.45, 7) is 3.12. The molecule has 1 saturated carbocycles. The molecule has 1 aliphatic heterocycles. The Hall–Kier alpha value is -1.95. The van der Waals surface area contributed by atoms with Crippen LogP contribution in [0.4, 0.5) is 0 Å². The summed E-state index contributed by atoms with van der Waals surface area (Å²) in [5, 5.41) is 5.13. The van der Waals surface area contributed by atoms with Crippen molar-refractivity contribution in [2.45, 2.75) is 57.0 Å². The molecule has 2 aliphatic rings. The standard InChI is InChI=1S/C27H35N3OS/c1-30-17-15-21(16-18-30)28-26(27-29-23-12-6-8-14-25(23)32-27)22-11-5-7-13-24(22)31-19-20-9-3-2-4-10-20/h5-8,11-14,20-21,26,28H,2-4,9-10,15-19H2,1H3. The predicted molar refractivity (Wildman–Crippen MR) is 134 cm³/mol. The molecule has 32 heavy (non-hydrogen) atoms. The lowest BCUT2D eigenvalue weighted by atomic mass is 9.90. The van der Waals surface area contributed by atoms with Gasteiger partial charge >= 0.3 is 0 Å². The molecular formula is C27H35N3OS. The first-order valence-electron chi connectivity index (χ1n) is 12.3. The smallest absolute Gasteiger partial charge is 0.124 e. The van der Waals surface area contributed by atoms with Gasteiger partial charge < -0.3 is 15.0 Å². The number of hydrogen-bond acceptors (Lipinski definition) is 5. The van der Waals surface area contributed by atoms with Crippen LogP contribution in [0.5, 0.6) is 5.75 Å². The Balaban J connectivity index is 1.43. The van der Waals surface area contributed by atoms with E-state index in [1.165, 1.54) is 55.2 Å². The molecule has 4 nitrogen and oxygen atoms in total. The summed E-state index contributed by atoms with van der Waals surface area (Å²) in [6, 6.07) is 17.6. The number of thiazole rings is 1. The van der Waals surface area contributed by atoms with Crippen LogP contribution >= 0.6 is 11.3 Å². The minimum atomic E-state index is 0.0587. The van der Waals surface area contributed by atoms with E-state index in [2.05, 4.69) is 65.8 Å². The lowest BCUT2D eigenvalue weighted by Crippen LogP contribution is -2.42. The number of ether oxygens (including phenoxy) is 1. The van der Waals surface area contributed by atoms with Gasteiger partial charge in [0.2, 0.25) is 0 Å². The lowest BCUT2D eigenvalue weighted by molar-refractivity contribution is 0.204. The number of benzene rings is 2. The van der Waals surface area contributed by atoms with Crippen molar-refractivity contribution in [3.05, 3.63) is 59.1 Å². The molecule has 1 aromatic heterocycles. The number of para-hydroxylation sites is 2. The highest BCUT2D eigenvalue weighted by atomic mass is 32.1. The van der Waals surface area contributed by atoms with Crippen LogP contribution in [0.25, 0.3) is 10.2 Å². The van der Waals surface area contributed by atoms with Gasteiger partial charge in [-0.25, -0.2) is 4.98 Å². The topological polar surface area (TPSA) is 37.4 Å². The lowest BCUT2D eigenvalue weighted by Gasteiger charge is -2.32. The summed E-state index contributed by atoms with van der Waals surface area (Å²) in [5.74, 6) is 1.71. The minimum absolute atomic E-state index is 0.0587. The summed E-state index contributed by atoms with van der Waals surface area (Å²) < 4.78 is 7.74. The average Bonchev–Trinajstić information content (AvgIpc) is 3.27. The molecular weight excluding hydrogens is 414 g/mol. The number of fused-ring (bicyclic) bond motifs is 1. The Morgan fingerprint density at radius 3 is 2.56 bits per heavy atom. The zero-order valence-corrected chi connectivity index (χ0v) is 19.9. The zero-order chi connectivity index (χ0) is 21.8. The maximum absolute atomic E-state index is 6.49. The first-order chi connectivity index (χ1) is 15.8. The molecule has 1 N–H and O–H groups in total. The molecule has 0 radical (unpaired) electrons. The third-order valence-corrected chi connectivity index (χ3v) is 8.21. The van der Waals surface area contributed by atoms with Crippen LogP contribution in [-0.4, -0.2) is 42.7 Å². The maximum atomic E-state index is 6.49. The molecule has 5 rings (SSSR count).